The molecule has 0 fully saturated rings. The lowest BCUT2D eigenvalue weighted by atomic mass is 10.2. The molecular formula is C20H18N6O4S. The van der Waals surface area contributed by atoms with Crippen LogP contribution in [0.15, 0.2) is 79.5 Å². The van der Waals surface area contributed by atoms with Crippen LogP contribution in [0.4, 0.5) is 11.6 Å². The molecule has 1 amide bonds. The third-order valence-electron chi connectivity index (χ3n) is 4.08. The van der Waals surface area contributed by atoms with Crippen LogP contribution in [0.1, 0.15) is 5.76 Å². The summed E-state index contributed by atoms with van der Waals surface area (Å²) in [5, 5.41) is 18.1. The predicted octanol–water partition coefficient (Wildman–Crippen LogP) is 1.32. The van der Waals surface area contributed by atoms with Crippen LogP contribution in [0, 0.1) is 0 Å². The van der Waals surface area contributed by atoms with E-state index in [0.29, 0.717) is 16.6 Å². The quantitative estimate of drug-likeness (QED) is 0.247. The molecule has 3 heterocycles. The number of rotatable bonds is 6. The molecule has 0 radical (unpaired) electrons. The first-order chi connectivity index (χ1) is 15.0. The molecule has 0 spiro atoms. The fraction of sp³-hybridized carbons (Fsp3) is 0.150. The summed E-state index contributed by atoms with van der Waals surface area (Å²) in [5.74, 6) is -0.193. The van der Waals surface area contributed by atoms with Crippen molar-refractivity contribution in [1.82, 2.24) is 5.27 Å². The van der Waals surface area contributed by atoms with Crippen molar-refractivity contribution < 1.29 is 23.6 Å². The summed E-state index contributed by atoms with van der Waals surface area (Å²) in [6.07, 6.45) is 4.57. The summed E-state index contributed by atoms with van der Waals surface area (Å²) in [5.41, 5.74) is 0.862. The van der Waals surface area contributed by atoms with Crippen molar-refractivity contribution in [2.45, 2.75) is 0 Å². The average Bonchev–Trinajstić information content (AvgIpc) is 3.49. The lowest BCUT2D eigenvalue weighted by Gasteiger charge is -2.18. The van der Waals surface area contributed by atoms with Crippen LogP contribution in [0.3, 0.4) is 0 Å². The van der Waals surface area contributed by atoms with Crippen molar-refractivity contribution in [3.63, 3.8) is 0 Å². The second-order valence-corrected chi connectivity index (χ2v) is 7.46. The fourth-order valence-corrected chi connectivity index (χ4v) is 3.45. The molecule has 10 nitrogen and oxygen atoms in total. The first-order valence-electron chi connectivity index (χ1n) is 9.18. The number of para-hydroxylation sites is 1. The highest BCUT2D eigenvalue weighted by molar-refractivity contribution is 8.14. The van der Waals surface area contributed by atoms with Gasteiger partial charge in [-0.2, -0.15) is 5.01 Å². The molecule has 3 aromatic rings. The Morgan fingerprint density at radius 1 is 1.29 bits per heavy atom. The normalized spacial score (nSPS) is 15.6. The Kier molecular flexibility index (Phi) is 5.85. The summed E-state index contributed by atoms with van der Waals surface area (Å²) in [6.45, 7) is 0. The number of hydrogen-bond acceptors (Lipinski definition) is 9. The second kappa shape index (κ2) is 8.88. The van der Waals surface area contributed by atoms with Crippen LogP contribution in [0.5, 0.6) is 0 Å². The van der Waals surface area contributed by atoms with Gasteiger partial charge >= 0.3 is 5.88 Å². The molecule has 2 aromatic heterocycles. The van der Waals surface area contributed by atoms with Gasteiger partial charge in [-0.05, 0) is 30.2 Å². The van der Waals surface area contributed by atoms with Crippen LogP contribution in [0.25, 0.3) is 6.08 Å². The molecule has 0 saturated carbocycles. The molecule has 0 N–H and O–H groups in total. The molecule has 31 heavy (non-hydrogen) atoms. The molecule has 1 aromatic carbocycles. The van der Waals surface area contributed by atoms with E-state index < -0.39 is 5.90 Å². The SMILES string of the molecule is CN(C)[n+]1cc(/N=C(/[O-])CSC2=N/C(=C/c3ccco3)C(=O)N2c2ccccc2)on1. The third-order valence-corrected chi connectivity index (χ3v) is 5.00. The molecule has 1 aliphatic rings. The Balaban J connectivity index is 1.55. The number of nitrogens with zero attached hydrogens (tertiary/aromatic N) is 6. The first kappa shape index (κ1) is 20.4. The van der Waals surface area contributed by atoms with Crippen LogP contribution < -0.4 is 19.8 Å². The number of anilines is 1. The van der Waals surface area contributed by atoms with Crippen molar-refractivity contribution >= 4 is 46.4 Å². The lowest BCUT2D eigenvalue weighted by Crippen LogP contribution is -2.53. The monoisotopic (exact) mass is 438 g/mol. The van der Waals surface area contributed by atoms with Crippen LogP contribution in [0.2, 0.25) is 0 Å². The van der Waals surface area contributed by atoms with Gasteiger partial charge in [-0.1, -0.05) is 30.0 Å². The highest BCUT2D eigenvalue weighted by Crippen LogP contribution is 2.29. The van der Waals surface area contributed by atoms with E-state index in [1.807, 2.05) is 18.2 Å². The number of amides is 1. The summed E-state index contributed by atoms with van der Waals surface area (Å²) in [4.78, 5) is 24.2. The van der Waals surface area contributed by atoms with Gasteiger partial charge in [-0.25, -0.2) is 9.98 Å². The highest BCUT2D eigenvalue weighted by Gasteiger charge is 2.32. The molecule has 4 rings (SSSR count). The molecule has 1 aliphatic heterocycles. The number of benzene rings is 1. The third kappa shape index (κ3) is 4.67. The topological polar surface area (TPSA) is 114 Å². The van der Waals surface area contributed by atoms with E-state index in [-0.39, 0.29) is 23.2 Å². The molecule has 0 aliphatic carbocycles. The first-order valence-corrected chi connectivity index (χ1v) is 10.2. The van der Waals surface area contributed by atoms with E-state index in [4.69, 9.17) is 8.94 Å². The highest BCUT2D eigenvalue weighted by atomic mass is 32.2. The number of aromatic nitrogens is 2. The zero-order chi connectivity index (χ0) is 21.8. The molecule has 0 unspecified atom stereocenters. The van der Waals surface area contributed by atoms with E-state index in [2.05, 4.69) is 15.3 Å². The number of carbonyl (C=O) groups is 1. The van der Waals surface area contributed by atoms with E-state index in [1.165, 1.54) is 22.2 Å². The smallest absolute Gasteiger partial charge is 0.324 e. The van der Waals surface area contributed by atoms with Gasteiger partial charge in [-0.3, -0.25) is 14.2 Å². The van der Waals surface area contributed by atoms with E-state index >= 15 is 0 Å². The van der Waals surface area contributed by atoms with Gasteiger partial charge in [0.15, 0.2) is 5.17 Å². The largest absolute Gasteiger partial charge is 0.861 e. The minimum absolute atomic E-state index is 0.0356. The molecule has 11 heteroatoms. The van der Waals surface area contributed by atoms with Gasteiger partial charge < -0.3 is 9.52 Å². The Labute approximate surface area is 181 Å². The van der Waals surface area contributed by atoms with E-state index in [0.717, 1.165) is 11.8 Å². The van der Waals surface area contributed by atoms with Crippen LogP contribution in [-0.4, -0.2) is 42.1 Å². The van der Waals surface area contributed by atoms with Gasteiger partial charge in [0.25, 0.3) is 12.1 Å². The maximum atomic E-state index is 13.0. The Bertz CT molecular complexity index is 1150. The Morgan fingerprint density at radius 2 is 2.10 bits per heavy atom. The molecule has 0 saturated heterocycles. The predicted molar refractivity (Wildman–Crippen MR) is 114 cm³/mol. The maximum Gasteiger partial charge on any atom is 0.324 e. The zero-order valence-electron chi connectivity index (χ0n) is 16.7. The molecule has 0 atom stereocenters. The Morgan fingerprint density at radius 3 is 2.77 bits per heavy atom. The van der Waals surface area contributed by atoms with Crippen molar-refractivity contribution in [3.05, 3.63) is 66.4 Å². The standard InChI is InChI=1S/C20H18N6O4S/c1-24(2)25-12-18(30-23-25)22-17(27)13-31-20-21-16(11-15-9-6-10-29-15)19(28)26(20)14-7-4-3-5-8-14/h3-12H,13H2,1-2H3/b16-11+. The number of aliphatic imine (C=N–C) groups is 2. The molecule has 0 bridgehead atoms. The van der Waals surface area contributed by atoms with Gasteiger partial charge in [0.2, 0.25) is 5.27 Å². The number of furan rings is 1. The lowest BCUT2D eigenvalue weighted by molar-refractivity contribution is -0.753. The van der Waals surface area contributed by atoms with Crippen molar-refractivity contribution in [2.75, 3.05) is 29.8 Å². The summed E-state index contributed by atoms with van der Waals surface area (Å²) in [7, 11) is 3.54. The summed E-state index contributed by atoms with van der Waals surface area (Å²) >= 11 is 1.11. The van der Waals surface area contributed by atoms with Crippen molar-refractivity contribution in [3.8, 4) is 0 Å². The number of hydrogen-bond donors (Lipinski definition) is 0. The van der Waals surface area contributed by atoms with E-state index in [9.17, 15) is 9.90 Å². The number of thioether (sulfide) groups is 1. The van der Waals surface area contributed by atoms with Gasteiger partial charge in [0.05, 0.1) is 30.8 Å². The summed E-state index contributed by atoms with van der Waals surface area (Å²) < 4.78 is 10.3. The number of amidine groups is 1. The second-order valence-electron chi connectivity index (χ2n) is 6.52. The minimum atomic E-state index is -0.446. The average molecular weight is 438 g/mol. The minimum Gasteiger partial charge on any atom is -0.861 e. The van der Waals surface area contributed by atoms with Crippen LogP contribution in [-0.2, 0) is 4.79 Å². The molecule has 158 valence electrons. The van der Waals surface area contributed by atoms with Gasteiger partial charge in [0, 0.05) is 11.8 Å². The zero-order valence-corrected chi connectivity index (χ0v) is 17.5. The maximum absolute atomic E-state index is 13.0. The van der Waals surface area contributed by atoms with Crippen molar-refractivity contribution in [2.24, 2.45) is 9.98 Å². The fourth-order valence-electron chi connectivity index (χ4n) is 2.65. The molecular weight excluding hydrogens is 420 g/mol. The Hall–Kier alpha value is -3.86. The van der Waals surface area contributed by atoms with Crippen LogP contribution >= 0.6 is 11.8 Å². The van der Waals surface area contributed by atoms with E-state index in [1.54, 1.807) is 49.4 Å². The van der Waals surface area contributed by atoms with Gasteiger partial charge in [0.1, 0.15) is 11.5 Å². The van der Waals surface area contributed by atoms with Gasteiger partial charge in [-0.15, -0.1) is 0 Å². The summed E-state index contributed by atoms with van der Waals surface area (Å²) in [6, 6.07) is 12.5. The number of carbonyl (C=O) groups excluding carboxylic acids is 1. The van der Waals surface area contributed by atoms with Crippen molar-refractivity contribution in [1.29, 1.82) is 0 Å².